The molecule has 7 heteroatoms. The number of ether oxygens (including phenoxy) is 1. The summed E-state index contributed by atoms with van der Waals surface area (Å²) < 4.78 is 5.24. The zero-order valence-corrected chi connectivity index (χ0v) is 13.9. The van der Waals surface area contributed by atoms with E-state index in [0.29, 0.717) is 45.2 Å². The Morgan fingerprint density at radius 2 is 1.82 bits per heavy atom. The van der Waals surface area contributed by atoms with Crippen molar-refractivity contribution < 1.29 is 14.3 Å². The first-order valence-corrected chi connectivity index (χ1v) is 8.11. The molecule has 0 spiro atoms. The standard InChI is InChI=1S/C15H27N3O3.ClH/c19-14(10-12-4-2-1-3-5-12)17-6-7-18-15(20)13-11-21-9-8-16-13;/h12-13,16H,1-11H2,(H,17,19)(H,18,20);1H. The molecule has 3 N–H and O–H groups in total. The number of nitrogens with one attached hydrogen (secondary N) is 3. The number of carbonyl (C=O) groups is 2. The molecule has 1 aliphatic carbocycles. The van der Waals surface area contributed by atoms with E-state index in [1.807, 2.05) is 0 Å². The molecule has 0 aromatic rings. The summed E-state index contributed by atoms with van der Waals surface area (Å²) in [4.78, 5) is 23.6. The van der Waals surface area contributed by atoms with Crippen LogP contribution in [0.25, 0.3) is 0 Å². The Kier molecular flexibility index (Phi) is 9.43. The molecule has 1 heterocycles. The van der Waals surface area contributed by atoms with Gasteiger partial charge < -0.3 is 20.7 Å². The molecule has 6 nitrogen and oxygen atoms in total. The van der Waals surface area contributed by atoms with Crippen LogP contribution in [0.2, 0.25) is 0 Å². The molecule has 0 aromatic carbocycles. The van der Waals surface area contributed by atoms with Crippen molar-refractivity contribution in [2.45, 2.75) is 44.6 Å². The van der Waals surface area contributed by atoms with Crippen LogP contribution in [-0.2, 0) is 14.3 Å². The SMILES string of the molecule is Cl.O=C(CC1CCCCC1)NCCNC(=O)C1COCCN1. The van der Waals surface area contributed by atoms with E-state index in [4.69, 9.17) is 4.74 Å². The van der Waals surface area contributed by atoms with E-state index in [9.17, 15) is 9.59 Å². The third-order valence-corrected chi connectivity index (χ3v) is 4.18. The van der Waals surface area contributed by atoms with Crippen LogP contribution in [0.1, 0.15) is 38.5 Å². The fourth-order valence-electron chi connectivity index (χ4n) is 2.97. The monoisotopic (exact) mass is 333 g/mol. The summed E-state index contributed by atoms with van der Waals surface area (Å²) in [5, 5.41) is 8.80. The summed E-state index contributed by atoms with van der Waals surface area (Å²) in [6, 6.07) is -0.267. The van der Waals surface area contributed by atoms with Gasteiger partial charge in [-0.05, 0) is 18.8 Å². The van der Waals surface area contributed by atoms with Crippen LogP contribution in [0.4, 0.5) is 0 Å². The summed E-state index contributed by atoms with van der Waals surface area (Å²) >= 11 is 0. The molecular weight excluding hydrogens is 306 g/mol. The largest absolute Gasteiger partial charge is 0.378 e. The number of halogens is 1. The second-order valence-corrected chi connectivity index (χ2v) is 5.93. The molecule has 0 radical (unpaired) electrons. The van der Waals surface area contributed by atoms with Gasteiger partial charge in [0.1, 0.15) is 6.04 Å². The minimum absolute atomic E-state index is 0. The van der Waals surface area contributed by atoms with Crippen molar-refractivity contribution in [3.63, 3.8) is 0 Å². The predicted molar refractivity (Wildman–Crippen MR) is 87.1 cm³/mol. The lowest BCUT2D eigenvalue weighted by Gasteiger charge is -2.23. The Balaban J connectivity index is 0.00000242. The van der Waals surface area contributed by atoms with Crippen molar-refractivity contribution in [3.05, 3.63) is 0 Å². The molecule has 2 fully saturated rings. The molecular formula is C15H28ClN3O3. The number of morpholine rings is 1. The maximum absolute atomic E-state index is 11.8. The van der Waals surface area contributed by atoms with Crippen LogP contribution in [0, 0.1) is 5.92 Å². The average Bonchev–Trinajstić information content (AvgIpc) is 2.53. The van der Waals surface area contributed by atoms with Gasteiger partial charge in [-0.3, -0.25) is 9.59 Å². The quantitative estimate of drug-likeness (QED) is 0.622. The van der Waals surface area contributed by atoms with Crippen molar-refractivity contribution in [2.24, 2.45) is 5.92 Å². The van der Waals surface area contributed by atoms with Gasteiger partial charge in [-0.2, -0.15) is 0 Å². The fourth-order valence-corrected chi connectivity index (χ4v) is 2.97. The molecule has 1 atom stereocenters. The van der Waals surface area contributed by atoms with Crippen LogP contribution < -0.4 is 16.0 Å². The summed E-state index contributed by atoms with van der Waals surface area (Å²) in [5.41, 5.74) is 0. The third-order valence-electron chi connectivity index (χ3n) is 4.18. The van der Waals surface area contributed by atoms with Crippen LogP contribution in [-0.4, -0.2) is 50.7 Å². The van der Waals surface area contributed by atoms with E-state index in [0.717, 1.165) is 0 Å². The average molecular weight is 334 g/mol. The first-order valence-electron chi connectivity index (χ1n) is 8.11. The lowest BCUT2D eigenvalue weighted by molar-refractivity contribution is -0.126. The van der Waals surface area contributed by atoms with Crippen molar-refractivity contribution in [1.29, 1.82) is 0 Å². The molecule has 2 aliphatic rings. The van der Waals surface area contributed by atoms with Gasteiger partial charge in [-0.25, -0.2) is 0 Å². The first kappa shape index (κ1) is 19.2. The van der Waals surface area contributed by atoms with Gasteiger partial charge in [0.05, 0.1) is 13.2 Å². The van der Waals surface area contributed by atoms with Gasteiger partial charge in [0.15, 0.2) is 0 Å². The molecule has 1 aliphatic heterocycles. The van der Waals surface area contributed by atoms with Gasteiger partial charge in [0, 0.05) is 26.1 Å². The van der Waals surface area contributed by atoms with E-state index in [1.54, 1.807) is 0 Å². The second kappa shape index (κ2) is 10.8. The maximum atomic E-state index is 11.8. The highest BCUT2D eigenvalue weighted by atomic mass is 35.5. The molecule has 0 bridgehead atoms. The third kappa shape index (κ3) is 6.94. The van der Waals surface area contributed by atoms with Gasteiger partial charge >= 0.3 is 0 Å². The number of amides is 2. The van der Waals surface area contributed by atoms with Crippen LogP contribution in [0.15, 0.2) is 0 Å². The van der Waals surface area contributed by atoms with E-state index in [-0.39, 0.29) is 30.3 Å². The molecule has 2 rings (SSSR count). The Labute approximate surface area is 138 Å². The highest BCUT2D eigenvalue weighted by Gasteiger charge is 2.20. The minimum atomic E-state index is -0.267. The molecule has 1 unspecified atom stereocenters. The summed E-state index contributed by atoms with van der Waals surface area (Å²) in [5.74, 6) is 0.600. The van der Waals surface area contributed by atoms with Crippen molar-refractivity contribution >= 4 is 24.2 Å². The van der Waals surface area contributed by atoms with Gasteiger partial charge in [0.25, 0.3) is 0 Å². The lowest BCUT2D eigenvalue weighted by atomic mass is 9.87. The zero-order chi connectivity index (χ0) is 14.9. The fraction of sp³-hybridized carbons (Fsp3) is 0.867. The van der Waals surface area contributed by atoms with Crippen LogP contribution >= 0.6 is 12.4 Å². The number of carbonyl (C=O) groups excluding carboxylic acids is 2. The van der Waals surface area contributed by atoms with Gasteiger partial charge in [-0.1, -0.05) is 19.3 Å². The number of hydrogen-bond donors (Lipinski definition) is 3. The normalized spacial score (nSPS) is 22.5. The van der Waals surface area contributed by atoms with E-state index >= 15 is 0 Å². The van der Waals surface area contributed by atoms with Crippen molar-refractivity contribution in [3.8, 4) is 0 Å². The zero-order valence-electron chi connectivity index (χ0n) is 13.1. The predicted octanol–water partition coefficient (Wildman–Crippen LogP) is 0.599. The van der Waals surface area contributed by atoms with E-state index < -0.39 is 0 Å². The van der Waals surface area contributed by atoms with Gasteiger partial charge in [0.2, 0.25) is 11.8 Å². The Morgan fingerprint density at radius 3 is 2.50 bits per heavy atom. The summed E-state index contributed by atoms with van der Waals surface area (Å²) in [6.07, 6.45) is 6.80. The topological polar surface area (TPSA) is 79.5 Å². The van der Waals surface area contributed by atoms with Crippen LogP contribution in [0.3, 0.4) is 0 Å². The highest BCUT2D eigenvalue weighted by molar-refractivity contribution is 5.85. The minimum Gasteiger partial charge on any atom is -0.378 e. The molecule has 0 aromatic heterocycles. The van der Waals surface area contributed by atoms with E-state index in [2.05, 4.69) is 16.0 Å². The van der Waals surface area contributed by atoms with Crippen molar-refractivity contribution in [1.82, 2.24) is 16.0 Å². The molecule has 2 amide bonds. The number of rotatable bonds is 6. The van der Waals surface area contributed by atoms with Crippen molar-refractivity contribution in [2.75, 3.05) is 32.8 Å². The molecule has 1 saturated heterocycles. The first-order chi connectivity index (χ1) is 10.3. The highest BCUT2D eigenvalue weighted by Crippen LogP contribution is 2.25. The lowest BCUT2D eigenvalue weighted by Crippen LogP contribution is -2.52. The Hall–Kier alpha value is -0.850. The summed E-state index contributed by atoms with van der Waals surface area (Å²) in [7, 11) is 0. The summed E-state index contributed by atoms with van der Waals surface area (Å²) in [6.45, 7) is 2.73. The Morgan fingerprint density at radius 1 is 1.09 bits per heavy atom. The van der Waals surface area contributed by atoms with Gasteiger partial charge in [-0.15, -0.1) is 12.4 Å². The molecule has 128 valence electrons. The second-order valence-electron chi connectivity index (χ2n) is 5.93. The van der Waals surface area contributed by atoms with Crippen LogP contribution in [0.5, 0.6) is 0 Å². The van der Waals surface area contributed by atoms with E-state index in [1.165, 1.54) is 32.1 Å². The number of hydrogen-bond acceptors (Lipinski definition) is 4. The smallest absolute Gasteiger partial charge is 0.239 e. The Bertz CT molecular complexity index is 343. The molecule has 22 heavy (non-hydrogen) atoms. The maximum Gasteiger partial charge on any atom is 0.239 e. The molecule has 1 saturated carbocycles.